The molecule has 0 saturated heterocycles. The summed E-state index contributed by atoms with van der Waals surface area (Å²) in [6.07, 6.45) is 1.09. The molecule has 1 aromatic carbocycles. The van der Waals surface area contributed by atoms with Crippen LogP contribution in [0.25, 0.3) is 10.9 Å². The predicted octanol–water partition coefficient (Wildman–Crippen LogP) is -2.26. The Kier molecular flexibility index (Phi) is 11.0. The summed E-state index contributed by atoms with van der Waals surface area (Å²) in [5.74, 6) is -5.43. The van der Waals surface area contributed by atoms with Gasteiger partial charge in [0.15, 0.2) is 5.96 Å². The minimum Gasteiger partial charge on any atom is -0.481 e. The van der Waals surface area contributed by atoms with E-state index in [9.17, 15) is 29.1 Å². The van der Waals surface area contributed by atoms with Gasteiger partial charge in [0.05, 0.1) is 13.0 Å². The molecular weight excluding hydrogens is 500 g/mol. The number of nitrogens with one attached hydrogen (secondary N) is 4. The molecule has 1 aromatic heterocycles. The first-order valence-corrected chi connectivity index (χ1v) is 11.7. The normalized spacial score (nSPS) is 13.1. The van der Waals surface area contributed by atoms with Crippen LogP contribution in [-0.2, 0) is 30.4 Å². The Morgan fingerprint density at radius 3 is 2.24 bits per heavy atom. The van der Waals surface area contributed by atoms with E-state index in [1.54, 1.807) is 6.20 Å². The van der Waals surface area contributed by atoms with E-state index < -0.39 is 54.2 Å². The van der Waals surface area contributed by atoms with E-state index in [0.29, 0.717) is 0 Å². The Bertz CT molecular complexity index is 1190. The SMILES string of the molecule is NCC(=O)NC(Cc1c[nH]c2ccccc12)C(=O)NC(CCCN=C(N)N)C(=O)NC(CC(=O)O)C(=O)O. The van der Waals surface area contributed by atoms with Gasteiger partial charge in [0.25, 0.3) is 0 Å². The monoisotopic (exact) mass is 532 g/mol. The zero-order valence-corrected chi connectivity index (χ0v) is 20.5. The molecule has 0 spiro atoms. The van der Waals surface area contributed by atoms with Crippen molar-refractivity contribution in [2.45, 2.75) is 43.8 Å². The van der Waals surface area contributed by atoms with Crippen LogP contribution < -0.4 is 33.2 Å². The second-order valence-corrected chi connectivity index (χ2v) is 8.40. The van der Waals surface area contributed by atoms with Crippen LogP contribution >= 0.6 is 0 Å². The fraction of sp³-hybridized carbons (Fsp3) is 0.391. The van der Waals surface area contributed by atoms with Crippen molar-refractivity contribution in [1.29, 1.82) is 0 Å². The molecule has 15 heteroatoms. The van der Waals surface area contributed by atoms with Crippen LogP contribution in [-0.4, -0.2) is 82.0 Å². The minimum atomic E-state index is -1.73. The highest BCUT2D eigenvalue weighted by Crippen LogP contribution is 2.19. The summed E-state index contributed by atoms with van der Waals surface area (Å²) in [7, 11) is 0. The number of rotatable bonds is 15. The summed E-state index contributed by atoms with van der Waals surface area (Å²) in [5, 5.41) is 26.3. The summed E-state index contributed by atoms with van der Waals surface area (Å²) in [6.45, 7) is -0.266. The Morgan fingerprint density at radius 1 is 0.947 bits per heavy atom. The number of para-hydroxylation sites is 1. The van der Waals surface area contributed by atoms with E-state index in [1.807, 2.05) is 24.3 Å². The maximum absolute atomic E-state index is 13.3. The van der Waals surface area contributed by atoms with Crippen LogP contribution in [0.2, 0.25) is 0 Å². The Balaban J connectivity index is 2.26. The number of aliphatic carboxylic acids is 2. The van der Waals surface area contributed by atoms with Gasteiger partial charge in [-0.1, -0.05) is 18.2 Å². The molecule has 206 valence electrons. The van der Waals surface area contributed by atoms with E-state index in [4.69, 9.17) is 22.3 Å². The van der Waals surface area contributed by atoms with Gasteiger partial charge < -0.3 is 48.3 Å². The van der Waals surface area contributed by atoms with Crippen LogP contribution in [0.3, 0.4) is 0 Å². The summed E-state index contributed by atoms with van der Waals surface area (Å²) in [6, 6.07) is 3.20. The van der Waals surface area contributed by atoms with Gasteiger partial charge in [0.1, 0.15) is 18.1 Å². The molecule has 0 saturated carbocycles. The van der Waals surface area contributed by atoms with Crippen LogP contribution in [0.15, 0.2) is 35.5 Å². The Hall–Kier alpha value is -4.66. The first-order valence-electron chi connectivity index (χ1n) is 11.7. The highest BCUT2D eigenvalue weighted by molar-refractivity contribution is 5.95. The standard InChI is InChI=1S/C23H32N8O7/c24-10-18(32)29-16(8-12-11-28-14-5-2-1-4-13(12)14)21(36)30-15(6-3-7-27-23(25)26)20(35)31-17(22(37)38)9-19(33)34/h1-2,4-5,11,15-17,28H,3,6-10,24H2,(H,29,32)(H,30,36)(H,31,35)(H,33,34)(H,37,38)(H4,25,26,27). The van der Waals surface area contributed by atoms with Crippen LogP contribution in [0.4, 0.5) is 0 Å². The fourth-order valence-corrected chi connectivity index (χ4v) is 3.67. The van der Waals surface area contributed by atoms with Crippen LogP contribution in [0.5, 0.6) is 0 Å². The third-order valence-electron chi connectivity index (χ3n) is 5.51. The van der Waals surface area contributed by atoms with Crippen molar-refractivity contribution >= 4 is 46.5 Å². The quantitative estimate of drug-likeness (QED) is 0.0674. The molecule has 15 nitrogen and oxygen atoms in total. The number of aromatic nitrogens is 1. The largest absolute Gasteiger partial charge is 0.481 e. The number of carboxylic acid groups (broad SMARTS) is 2. The molecule has 0 radical (unpaired) electrons. The summed E-state index contributed by atoms with van der Waals surface area (Å²) in [4.78, 5) is 67.6. The maximum atomic E-state index is 13.3. The van der Waals surface area contributed by atoms with Gasteiger partial charge in [0.2, 0.25) is 17.7 Å². The highest BCUT2D eigenvalue weighted by Gasteiger charge is 2.30. The van der Waals surface area contributed by atoms with Gasteiger partial charge in [0, 0.05) is 30.1 Å². The molecular formula is C23H32N8O7. The zero-order valence-electron chi connectivity index (χ0n) is 20.5. The molecule has 0 bridgehead atoms. The zero-order chi connectivity index (χ0) is 28.2. The highest BCUT2D eigenvalue weighted by atomic mass is 16.4. The van der Waals surface area contributed by atoms with Gasteiger partial charge in [-0.05, 0) is 24.5 Å². The van der Waals surface area contributed by atoms with Crippen molar-refractivity contribution in [2.75, 3.05) is 13.1 Å². The number of hydrogen-bond acceptors (Lipinski definition) is 7. The molecule has 3 unspecified atom stereocenters. The van der Waals surface area contributed by atoms with Crippen molar-refractivity contribution in [1.82, 2.24) is 20.9 Å². The fourth-order valence-electron chi connectivity index (χ4n) is 3.67. The lowest BCUT2D eigenvalue weighted by Gasteiger charge is -2.24. The summed E-state index contributed by atoms with van der Waals surface area (Å²) < 4.78 is 0. The number of H-pyrrole nitrogens is 1. The molecule has 38 heavy (non-hydrogen) atoms. The number of aromatic amines is 1. The second kappa shape index (κ2) is 14.2. The number of carbonyl (C=O) groups excluding carboxylic acids is 3. The van der Waals surface area contributed by atoms with Gasteiger partial charge in [-0.25, -0.2) is 4.79 Å². The molecule has 0 aliphatic rings. The number of guanidine groups is 1. The van der Waals surface area contributed by atoms with E-state index in [-0.39, 0.29) is 38.3 Å². The average molecular weight is 533 g/mol. The van der Waals surface area contributed by atoms with E-state index in [0.717, 1.165) is 16.5 Å². The lowest BCUT2D eigenvalue weighted by molar-refractivity contribution is -0.147. The number of aliphatic imine (C=N–C) groups is 1. The number of carboxylic acids is 2. The molecule has 0 aliphatic carbocycles. The van der Waals surface area contributed by atoms with Crippen molar-refractivity contribution < 1.29 is 34.2 Å². The van der Waals surface area contributed by atoms with Crippen molar-refractivity contribution in [3.05, 3.63) is 36.0 Å². The predicted molar refractivity (Wildman–Crippen MR) is 137 cm³/mol. The van der Waals surface area contributed by atoms with Crippen LogP contribution in [0.1, 0.15) is 24.8 Å². The van der Waals surface area contributed by atoms with Gasteiger partial charge in [-0.15, -0.1) is 0 Å². The third kappa shape index (κ3) is 9.09. The Morgan fingerprint density at radius 2 is 1.61 bits per heavy atom. The number of carbonyl (C=O) groups is 5. The molecule has 1 heterocycles. The molecule has 2 aromatic rings. The topological polar surface area (TPSA) is 268 Å². The van der Waals surface area contributed by atoms with E-state index in [1.165, 1.54) is 0 Å². The molecule has 3 amide bonds. The number of hydrogen-bond donors (Lipinski definition) is 9. The van der Waals surface area contributed by atoms with Crippen LogP contribution in [0, 0.1) is 0 Å². The minimum absolute atomic E-state index is 0.0155. The van der Waals surface area contributed by atoms with Gasteiger partial charge in [-0.3, -0.25) is 24.2 Å². The third-order valence-corrected chi connectivity index (χ3v) is 5.51. The van der Waals surface area contributed by atoms with Crippen molar-refractivity contribution in [3.63, 3.8) is 0 Å². The molecule has 0 fully saturated rings. The van der Waals surface area contributed by atoms with Gasteiger partial charge >= 0.3 is 11.9 Å². The summed E-state index contributed by atoms with van der Waals surface area (Å²) in [5.41, 5.74) is 17.6. The number of amides is 3. The van der Waals surface area contributed by atoms with Gasteiger partial charge in [-0.2, -0.15) is 0 Å². The number of nitrogens with two attached hydrogens (primary N) is 3. The smallest absolute Gasteiger partial charge is 0.326 e. The first kappa shape index (κ1) is 29.6. The average Bonchev–Trinajstić information content (AvgIpc) is 3.27. The molecule has 0 aliphatic heterocycles. The second-order valence-electron chi connectivity index (χ2n) is 8.40. The van der Waals surface area contributed by atoms with Crippen molar-refractivity contribution in [3.8, 4) is 0 Å². The molecule has 2 rings (SSSR count). The first-order chi connectivity index (χ1) is 18.0. The molecule has 12 N–H and O–H groups in total. The lowest BCUT2D eigenvalue weighted by atomic mass is 10.0. The van der Waals surface area contributed by atoms with E-state index in [2.05, 4.69) is 25.9 Å². The summed E-state index contributed by atoms with van der Waals surface area (Å²) >= 11 is 0. The number of fused-ring (bicyclic) bond motifs is 1. The maximum Gasteiger partial charge on any atom is 0.326 e. The number of benzene rings is 1. The molecule has 3 atom stereocenters. The Labute approximate surface area is 217 Å². The van der Waals surface area contributed by atoms with E-state index >= 15 is 0 Å². The van der Waals surface area contributed by atoms with Crippen molar-refractivity contribution in [2.24, 2.45) is 22.2 Å². The lowest BCUT2D eigenvalue weighted by Crippen LogP contribution is -2.56. The number of nitrogens with zero attached hydrogens (tertiary/aromatic N) is 1.